The lowest BCUT2D eigenvalue weighted by molar-refractivity contribution is -0.136. The highest BCUT2D eigenvalue weighted by molar-refractivity contribution is 6.39. The van der Waals surface area contributed by atoms with Crippen LogP contribution >= 0.6 is 11.6 Å². The van der Waals surface area contributed by atoms with E-state index >= 15 is 0 Å². The fraction of sp³-hybridized carbons (Fsp3) is 0.400. The molecule has 0 radical (unpaired) electrons. The van der Waals surface area contributed by atoms with Crippen molar-refractivity contribution in [2.75, 3.05) is 25.0 Å². The smallest absolute Gasteiger partial charge is 0.313 e. The molecule has 0 spiro atoms. The van der Waals surface area contributed by atoms with Gasteiger partial charge in [0.15, 0.2) is 0 Å². The number of aryl methyl sites for hydroxylation is 1. The van der Waals surface area contributed by atoms with Crippen LogP contribution in [0.25, 0.3) is 0 Å². The van der Waals surface area contributed by atoms with E-state index in [-0.39, 0.29) is 0 Å². The second-order valence-corrected chi connectivity index (χ2v) is 7.33. The molecule has 1 aromatic carbocycles. The summed E-state index contributed by atoms with van der Waals surface area (Å²) in [6.45, 7) is 5.11. The standard InChI is InChI=1S/C20H24ClN3O3/c1-14-4-5-16(11-18(14)21)23-20(26)19(25)22-12-15-6-8-24(9-7-15)13-17-3-2-10-27-17/h2-5,10-11,15H,6-9,12-13H2,1H3,(H,22,25)(H,23,26). The summed E-state index contributed by atoms with van der Waals surface area (Å²) in [5.74, 6) is 0.0490. The van der Waals surface area contributed by atoms with Crippen LogP contribution in [0, 0.1) is 12.8 Å². The van der Waals surface area contributed by atoms with Crippen molar-refractivity contribution < 1.29 is 14.0 Å². The molecular weight excluding hydrogens is 366 g/mol. The molecule has 0 unspecified atom stereocenters. The van der Waals surface area contributed by atoms with Gasteiger partial charge in [-0.2, -0.15) is 0 Å². The molecule has 0 bridgehead atoms. The number of hydrogen-bond donors (Lipinski definition) is 2. The van der Waals surface area contributed by atoms with E-state index in [0.29, 0.717) is 23.2 Å². The molecule has 0 aliphatic carbocycles. The van der Waals surface area contributed by atoms with E-state index in [1.54, 1.807) is 24.5 Å². The Bertz CT molecular complexity index is 784. The number of amides is 2. The zero-order valence-corrected chi connectivity index (χ0v) is 16.1. The first-order valence-electron chi connectivity index (χ1n) is 9.11. The van der Waals surface area contributed by atoms with Crippen LogP contribution in [0.5, 0.6) is 0 Å². The van der Waals surface area contributed by atoms with Gasteiger partial charge < -0.3 is 15.1 Å². The van der Waals surface area contributed by atoms with Gasteiger partial charge in [-0.3, -0.25) is 14.5 Å². The number of nitrogens with one attached hydrogen (secondary N) is 2. The molecule has 27 heavy (non-hydrogen) atoms. The van der Waals surface area contributed by atoms with Crippen molar-refractivity contribution in [2.45, 2.75) is 26.3 Å². The van der Waals surface area contributed by atoms with Gasteiger partial charge in [0.1, 0.15) is 5.76 Å². The van der Waals surface area contributed by atoms with Crippen molar-refractivity contribution in [3.8, 4) is 0 Å². The highest BCUT2D eigenvalue weighted by Crippen LogP contribution is 2.20. The molecular formula is C20H24ClN3O3. The average molecular weight is 390 g/mol. The number of furan rings is 1. The molecule has 3 rings (SSSR count). The SMILES string of the molecule is Cc1ccc(NC(=O)C(=O)NCC2CCN(Cc3ccco3)CC2)cc1Cl. The maximum absolute atomic E-state index is 12.0. The van der Waals surface area contributed by atoms with E-state index in [2.05, 4.69) is 15.5 Å². The van der Waals surface area contributed by atoms with Crippen molar-refractivity contribution in [3.63, 3.8) is 0 Å². The number of halogens is 1. The van der Waals surface area contributed by atoms with Gasteiger partial charge in [-0.05, 0) is 68.6 Å². The lowest BCUT2D eigenvalue weighted by atomic mass is 9.96. The number of carbonyl (C=O) groups is 2. The van der Waals surface area contributed by atoms with E-state index in [4.69, 9.17) is 16.0 Å². The maximum atomic E-state index is 12.0. The predicted octanol–water partition coefficient (Wildman–Crippen LogP) is 3.21. The molecule has 7 heteroatoms. The zero-order valence-electron chi connectivity index (χ0n) is 15.3. The molecule has 2 aromatic rings. The van der Waals surface area contributed by atoms with E-state index in [1.807, 2.05) is 19.1 Å². The number of benzene rings is 1. The van der Waals surface area contributed by atoms with Crippen LogP contribution in [0.3, 0.4) is 0 Å². The molecule has 144 valence electrons. The van der Waals surface area contributed by atoms with Crippen molar-refractivity contribution in [2.24, 2.45) is 5.92 Å². The van der Waals surface area contributed by atoms with Gasteiger partial charge in [-0.25, -0.2) is 0 Å². The van der Waals surface area contributed by atoms with Crippen LogP contribution in [-0.4, -0.2) is 36.3 Å². The summed E-state index contributed by atoms with van der Waals surface area (Å²) in [4.78, 5) is 26.4. The monoisotopic (exact) mass is 389 g/mol. The van der Waals surface area contributed by atoms with Crippen molar-refractivity contribution in [1.82, 2.24) is 10.2 Å². The first kappa shape index (κ1) is 19.5. The largest absolute Gasteiger partial charge is 0.468 e. The molecule has 1 aromatic heterocycles. The molecule has 0 atom stereocenters. The molecule has 6 nitrogen and oxygen atoms in total. The van der Waals surface area contributed by atoms with Gasteiger partial charge in [-0.1, -0.05) is 17.7 Å². The minimum Gasteiger partial charge on any atom is -0.468 e. The van der Waals surface area contributed by atoms with E-state index in [9.17, 15) is 9.59 Å². The minimum absolute atomic E-state index is 0.378. The third-order valence-electron chi connectivity index (χ3n) is 4.85. The number of likely N-dealkylation sites (tertiary alicyclic amines) is 1. The third-order valence-corrected chi connectivity index (χ3v) is 5.26. The Kier molecular flexibility index (Phi) is 6.53. The molecule has 1 aliphatic rings. The summed E-state index contributed by atoms with van der Waals surface area (Å²) in [6.07, 6.45) is 3.65. The number of rotatable bonds is 5. The summed E-state index contributed by atoms with van der Waals surface area (Å²) in [7, 11) is 0. The highest BCUT2D eigenvalue weighted by Gasteiger charge is 2.22. The van der Waals surface area contributed by atoms with Gasteiger partial charge in [0.2, 0.25) is 0 Å². The molecule has 1 fully saturated rings. The lowest BCUT2D eigenvalue weighted by Crippen LogP contribution is -2.41. The fourth-order valence-electron chi connectivity index (χ4n) is 3.15. The van der Waals surface area contributed by atoms with Crippen LogP contribution in [0.15, 0.2) is 41.0 Å². The number of piperidine rings is 1. The van der Waals surface area contributed by atoms with Gasteiger partial charge in [-0.15, -0.1) is 0 Å². The first-order chi connectivity index (χ1) is 13.0. The molecule has 2 N–H and O–H groups in total. The minimum atomic E-state index is -0.676. The Hall–Kier alpha value is -2.31. The number of anilines is 1. The second kappa shape index (κ2) is 9.06. The second-order valence-electron chi connectivity index (χ2n) is 6.93. The molecule has 1 saturated heterocycles. The lowest BCUT2D eigenvalue weighted by Gasteiger charge is -2.31. The number of carbonyl (C=O) groups excluding carboxylic acids is 2. The topological polar surface area (TPSA) is 74.6 Å². The van der Waals surface area contributed by atoms with Crippen LogP contribution in [0.1, 0.15) is 24.2 Å². The van der Waals surface area contributed by atoms with Gasteiger partial charge in [0.25, 0.3) is 0 Å². The van der Waals surface area contributed by atoms with Crippen LogP contribution in [0.2, 0.25) is 5.02 Å². The number of hydrogen-bond acceptors (Lipinski definition) is 4. The summed E-state index contributed by atoms with van der Waals surface area (Å²) >= 11 is 6.03. The average Bonchev–Trinajstić information content (AvgIpc) is 3.17. The molecule has 1 aliphatic heterocycles. The first-order valence-corrected chi connectivity index (χ1v) is 9.49. The zero-order chi connectivity index (χ0) is 19.2. The Balaban J connectivity index is 1.38. The highest BCUT2D eigenvalue weighted by atomic mass is 35.5. The van der Waals surface area contributed by atoms with E-state index < -0.39 is 11.8 Å². The third kappa shape index (κ3) is 5.58. The fourth-order valence-corrected chi connectivity index (χ4v) is 3.33. The van der Waals surface area contributed by atoms with Crippen molar-refractivity contribution in [1.29, 1.82) is 0 Å². The van der Waals surface area contributed by atoms with E-state index in [1.165, 1.54) is 0 Å². The Labute approximate surface area is 163 Å². The quantitative estimate of drug-likeness (QED) is 0.770. The summed E-state index contributed by atoms with van der Waals surface area (Å²) in [5, 5.41) is 5.86. The Morgan fingerprint density at radius 2 is 2.00 bits per heavy atom. The summed E-state index contributed by atoms with van der Waals surface area (Å²) < 4.78 is 5.38. The Morgan fingerprint density at radius 3 is 2.67 bits per heavy atom. The van der Waals surface area contributed by atoms with Crippen LogP contribution in [-0.2, 0) is 16.1 Å². The maximum Gasteiger partial charge on any atom is 0.313 e. The van der Waals surface area contributed by atoms with E-state index in [0.717, 1.165) is 43.8 Å². The predicted molar refractivity (Wildman–Crippen MR) is 105 cm³/mol. The summed E-state index contributed by atoms with van der Waals surface area (Å²) in [6, 6.07) is 9.03. The molecule has 2 amide bonds. The normalized spacial score (nSPS) is 15.5. The molecule has 2 heterocycles. The molecule has 0 saturated carbocycles. The van der Waals surface area contributed by atoms with Gasteiger partial charge >= 0.3 is 11.8 Å². The Morgan fingerprint density at radius 1 is 1.22 bits per heavy atom. The van der Waals surface area contributed by atoms with Crippen molar-refractivity contribution >= 4 is 29.1 Å². The number of nitrogens with zero attached hydrogens (tertiary/aromatic N) is 1. The summed E-state index contributed by atoms with van der Waals surface area (Å²) in [5.41, 5.74) is 1.43. The van der Waals surface area contributed by atoms with Crippen LogP contribution < -0.4 is 10.6 Å². The van der Waals surface area contributed by atoms with Crippen LogP contribution in [0.4, 0.5) is 5.69 Å². The van der Waals surface area contributed by atoms with Gasteiger partial charge in [0.05, 0.1) is 12.8 Å². The van der Waals surface area contributed by atoms with Gasteiger partial charge in [0, 0.05) is 17.3 Å². The van der Waals surface area contributed by atoms with Crippen molar-refractivity contribution in [3.05, 3.63) is 52.9 Å².